The van der Waals surface area contributed by atoms with E-state index in [0.717, 1.165) is 18.2 Å². The highest BCUT2D eigenvalue weighted by molar-refractivity contribution is 5.99. The number of para-hydroxylation sites is 1. The summed E-state index contributed by atoms with van der Waals surface area (Å²) in [6.45, 7) is 0.0961. The molecule has 27 heavy (non-hydrogen) atoms. The summed E-state index contributed by atoms with van der Waals surface area (Å²) >= 11 is 0. The lowest BCUT2D eigenvalue weighted by Gasteiger charge is -2.23. The zero-order chi connectivity index (χ0) is 19.2. The van der Waals surface area contributed by atoms with Gasteiger partial charge in [0, 0.05) is 11.9 Å². The first-order valence-corrected chi connectivity index (χ1v) is 9.38. The third kappa shape index (κ3) is 4.60. The van der Waals surface area contributed by atoms with Gasteiger partial charge in [0.2, 0.25) is 5.91 Å². The predicted octanol–water partition coefficient (Wildman–Crippen LogP) is 2.23. The molecule has 0 saturated heterocycles. The molecule has 2 aromatic rings. The van der Waals surface area contributed by atoms with Crippen LogP contribution in [0.15, 0.2) is 28.7 Å². The van der Waals surface area contributed by atoms with Gasteiger partial charge in [0.25, 0.3) is 5.91 Å². The van der Waals surface area contributed by atoms with E-state index in [0.29, 0.717) is 23.8 Å². The molecule has 2 amide bonds. The van der Waals surface area contributed by atoms with Crippen LogP contribution in [0.4, 0.5) is 0 Å². The third-order valence-electron chi connectivity index (χ3n) is 5.05. The summed E-state index contributed by atoms with van der Waals surface area (Å²) in [5.41, 5.74) is 0.465. The fourth-order valence-corrected chi connectivity index (χ4v) is 3.49. The zero-order valence-corrected chi connectivity index (χ0v) is 15.5. The number of methoxy groups -OCH3 is 1. The lowest BCUT2D eigenvalue weighted by atomic mass is 9.89. The SMILES string of the molecule is COc1cccc2cc(C(=O)N[C@@H](CO)C(=O)NCC3CCCCC3)oc12. The topological polar surface area (TPSA) is 101 Å². The largest absolute Gasteiger partial charge is 0.493 e. The first-order valence-electron chi connectivity index (χ1n) is 9.38. The van der Waals surface area contributed by atoms with Crippen molar-refractivity contribution in [1.29, 1.82) is 0 Å². The van der Waals surface area contributed by atoms with Crippen LogP contribution in [-0.2, 0) is 4.79 Å². The average Bonchev–Trinajstić information content (AvgIpc) is 3.15. The van der Waals surface area contributed by atoms with Gasteiger partial charge in [-0.3, -0.25) is 9.59 Å². The number of hydrogen-bond donors (Lipinski definition) is 3. The molecule has 1 fully saturated rings. The molecule has 1 heterocycles. The molecule has 0 spiro atoms. The highest BCUT2D eigenvalue weighted by atomic mass is 16.5. The van der Waals surface area contributed by atoms with Crippen molar-refractivity contribution in [2.24, 2.45) is 5.92 Å². The Morgan fingerprint density at radius 1 is 1.30 bits per heavy atom. The van der Waals surface area contributed by atoms with Crippen LogP contribution in [0.25, 0.3) is 11.0 Å². The number of carbonyl (C=O) groups excluding carboxylic acids is 2. The van der Waals surface area contributed by atoms with Gasteiger partial charge in [0.15, 0.2) is 17.1 Å². The second-order valence-corrected chi connectivity index (χ2v) is 6.95. The molecule has 146 valence electrons. The second kappa shape index (κ2) is 8.90. The van der Waals surface area contributed by atoms with Gasteiger partial charge in [-0.2, -0.15) is 0 Å². The lowest BCUT2D eigenvalue weighted by Crippen LogP contribution is -2.49. The maximum absolute atomic E-state index is 12.5. The van der Waals surface area contributed by atoms with E-state index >= 15 is 0 Å². The van der Waals surface area contributed by atoms with Gasteiger partial charge in [-0.05, 0) is 30.9 Å². The molecule has 7 heteroatoms. The average molecular weight is 374 g/mol. The molecule has 1 aromatic heterocycles. The number of benzene rings is 1. The first kappa shape index (κ1) is 19.2. The van der Waals surface area contributed by atoms with E-state index in [1.807, 2.05) is 0 Å². The van der Waals surface area contributed by atoms with Gasteiger partial charge in [-0.25, -0.2) is 0 Å². The minimum atomic E-state index is -1.02. The summed E-state index contributed by atoms with van der Waals surface area (Å²) in [6.07, 6.45) is 5.85. The van der Waals surface area contributed by atoms with Crippen LogP contribution in [0.1, 0.15) is 42.7 Å². The molecule has 3 rings (SSSR count). The minimum Gasteiger partial charge on any atom is -0.493 e. The van der Waals surface area contributed by atoms with E-state index in [9.17, 15) is 14.7 Å². The summed E-state index contributed by atoms with van der Waals surface area (Å²) in [6, 6.07) is 5.91. The van der Waals surface area contributed by atoms with Gasteiger partial charge < -0.3 is 24.9 Å². The van der Waals surface area contributed by atoms with Crippen molar-refractivity contribution in [2.75, 3.05) is 20.3 Å². The van der Waals surface area contributed by atoms with Crippen LogP contribution < -0.4 is 15.4 Å². The van der Waals surface area contributed by atoms with Crippen molar-refractivity contribution < 1.29 is 23.8 Å². The van der Waals surface area contributed by atoms with Gasteiger partial charge in [0.1, 0.15) is 6.04 Å². The van der Waals surface area contributed by atoms with E-state index in [-0.39, 0.29) is 11.7 Å². The predicted molar refractivity (Wildman–Crippen MR) is 101 cm³/mol. The molecule has 0 bridgehead atoms. The molecular weight excluding hydrogens is 348 g/mol. The number of carbonyl (C=O) groups is 2. The summed E-state index contributed by atoms with van der Waals surface area (Å²) in [4.78, 5) is 24.8. The molecule has 1 saturated carbocycles. The fraction of sp³-hybridized carbons (Fsp3) is 0.500. The molecule has 1 aromatic carbocycles. The van der Waals surface area contributed by atoms with Crippen molar-refractivity contribution in [1.82, 2.24) is 10.6 Å². The normalized spacial score (nSPS) is 16.1. The molecule has 7 nitrogen and oxygen atoms in total. The number of furan rings is 1. The highest BCUT2D eigenvalue weighted by Gasteiger charge is 2.24. The second-order valence-electron chi connectivity index (χ2n) is 6.95. The Kier molecular flexibility index (Phi) is 6.34. The molecule has 1 aliphatic rings. The Balaban J connectivity index is 1.61. The standard InChI is InChI=1S/C20H26N2O5/c1-26-16-9-5-8-14-10-17(27-18(14)16)20(25)22-15(12-23)19(24)21-11-13-6-3-2-4-7-13/h5,8-10,13,15,23H,2-4,6-7,11-12H2,1H3,(H,21,24)(H,22,25)/t15-/m0/s1. The van der Waals surface area contributed by atoms with Crippen molar-refractivity contribution in [2.45, 2.75) is 38.1 Å². The number of rotatable bonds is 7. The van der Waals surface area contributed by atoms with E-state index < -0.39 is 18.6 Å². The Morgan fingerprint density at radius 3 is 2.78 bits per heavy atom. The van der Waals surface area contributed by atoms with Crippen LogP contribution in [0.3, 0.4) is 0 Å². The number of hydrogen-bond acceptors (Lipinski definition) is 5. The van der Waals surface area contributed by atoms with Gasteiger partial charge in [-0.1, -0.05) is 31.4 Å². The Hall–Kier alpha value is -2.54. The maximum atomic E-state index is 12.5. The Bertz CT molecular complexity index is 795. The van der Waals surface area contributed by atoms with Gasteiger partial charge >= 0.3 is 0 Å². The van der Waals surface area contributed by atoms with Crippen LogP contribution >= 0.6 is 0 Å². The summed E-state index contributed by atoms with van der Waals surface area (Å²) in [5.74, 6) is 0.120. The van der Waals surface area contributed by atoms with Crippen molar-refractivity contribution in [3.8, 4) is 5.75 Å². The molecule has 0 aliphatic heterocycles. The monoisotopic (exact) mass is 374 g/mol. The van der Waals surface area contributed by atoms with Crippen LogP contribution in [0.2, 0.25) is 0 Å². The maximum Gasteiger partial charge on any atom is 0.287 e. The first-order chi connectivity index (χ1) is 13.1. The van der Waals surface area contributed by atoms with Crippen LogP contribution in [0.5, 0.6) is 5.75 Å². The van der Waals surface area contributed by atoms with Gasteiger partial charge in [0.05, 0.1) is 13.7 Å². The Morgan fingerprint density at radius 2 is 2.07 bits per heavy atom. The van der Waals surface area contributed by atoms with Crippen molar-refractivity contribution >= 4 is 22.8 Å². The minimum absolute atomic E-state index is 0.0630. The molecule has 0 radical (unpaired) electrons. The number of ether oxygens (including phenoxy) is 1. The van der Waals surface area contributed by atoms with Gasteiger partial charge in [-0.15, -0.1) is 0 Å². The summed E-state index contributed by atoms with van der Waals surface area (Å²) < 4.78 is 10.8. The van der Waals surface area contributed by atoms with Crippen molar-refractivity contribution in [3.05, 3.63) is 30.0 Å². The number of nitrogens with one attached hydrogen (secondary N) is 2. The molecule has 1 atom stereocenters. The van der Waals surface area contributed by atoms with Crippen LogP contribution in [0, 0.1) is 5.92 Å². The van der Waals surface area contributed by atoms with E-state index in [2.05, 4.69) is 10.6 Å². The molecule has 1 aliphatic carbocycles. The summed E-state index contributed by atoms with van der Waals surface area (Å²) in [5, 5.41) is 15.6. The fourth-order valence-electron chi connectivity index (χ4n) is 3.49. The van der Waals surface area contributed by atoms with Crippen molar-refractivity contribution in [3.63, 3.8) is 0 Å². The lowest BCUT2D eigenvalue weighted by molar-refractivity contribution is -0.124. The Labute approximate surface area is 158 Å². The third-order valence-corrected chi connectivity index (χ3v) is 5.05. The van der Waals surface area contributed by atoms with E-state index in [1.165, 1.54) is 26.4 Å². The number of aliphatic hydroxyl groups is 1. The number of fused-ring (bicyclic) bond motifs is 1. The molecule has 3 N–H and O–H groups in total. The summed E-state index contributed by atoms with van der Waals surface area (Å²) in [7, 11) is 1.52. The quantitative estimate of drug-likeness (QED) is 0.690. The molecular formula is C20H26N2O5. The van der Waals surface area contributed by atoms with E-state index in [4.69, 9.17) is 9.15 Å². The smallest absolute Gasteiger partial charge is 0.287 e. The number of aliphatic hydroxyl groups excluding tert-OH is 1. The number of amides is 2. The molecule has 0 unspecified atom stereocenters. The van der Waals surface area contributed by atoms with Crippen LogP contribution in [-0.4, -0.2) is 43.2 Å². The van der Waals surface area contributed by atoms with E-state index in [1.54, 1.807) is 24.3 Å². The zero-order valence-electron chi connectivity index (χ0n) is 15.5. The highest BCUT2D eigenvalue weighted by Crippen LogP contribution is 2.28.